The second kappa shape index (κ2) is 8.29. The Morgan fingerprint density at radius 1 is 0.963 bits per heavy atom. The van der Waals surface area contributed by atoms with Gasteiger partial charge in [0.25, 0.3) is 0 Å². The molecular formula is C21H14N4OSe. The van der Waals surface area contributed by atoms with E-state index in [1.807, 2.05) is 48.5 Å². The predicted molar refractivity (Wildman–Crippen MR) is 104 cm³/mol. The minimum atomic E-state index is -0.385. The Morgan fingerprint density at radius 3 is 2.15 bits per heavy atom. The van der Waals surface area contributed by atoms with Gasteiger partial charge in [0, 0.05) is 0 Å². The monoisotopic (exact) mass is 418 g/mol. The molecule has 0 aliphatic rings. The molecule has 3 aromatic rings. The number of nitrogens with zero attached hydrogens (tertiary/aromatic N) is 3. The molecule has 0 bridgehead atoms. The molecule has 1 heterocycles. The molecule has 0 spiro atoms. The number of carbonyl (C=O) groups is 1. The second-order valence-electron chi connectivity index (χ2n) is 5.59. The van der Waals surface area contributed by atoms with Crippen LogP contribution in [0.3, 0.4) is 0 Å². The molecule has 2 aromatic carbocycles. The molecule has 0 saturated carbocycles. The van der Waals surface area contributed by atoms with Crippen molar-refractivity contribution in [3.05, 3.63) is 77.4 Å². The zero-order valence-electron chi connectivity index (χ0n) is 14.2. The molecule has 2 N–H and O–H groups in total. The Morgan fingerprint density at radius 2 is 1.56 bits per heavy atom. The van der Waals surface area contributed by atoms with Gasteiger partial charge in [-0.05, 0) is 0 Å². The summed E-state index contributed by atoms with van der Waals surface area (Å²) >= 11 is -0.385. The van der Waals surface area contributed by atoms with Crippen molar-refractivity contribution >= 4 is 31.2 Å². The second-order valence-corrected chi connectivity index (χ2v) is 7.62. The van der Waals surface area contributed by atoms with Gasteiger partial charge < -0.3 is 0 Å². The Bertz CT molecular complexity index is 1070. The maximum absolute atomic E-state index is 12.4. The molecule has 0 unspecified atom stereocenters. The van der Waals surface area contributed by atoms with Crippen LogP contribution >= 0.6 is 0 Å². The van der Waals surface area contributed by atoms with Crippen molar-refractivity contribution in [2.45, 2.75) is 5.32 Å². The number of hydrogen-bond donors (Lipinski definition) is 1. The molecule has 27 heavy (non-hydrogen) atoms. The molecule has 1 aromatic heterocycles. The Balaban J connectivity index is 2.02. The van der Waals surface area contributed by atoms with Crippen molar-refractivity contribution in [3.8, 4) is 23.3 Å². The fraction of sp³-hybridized carbons (Fsp3) is 0.0476. The SMILES string of the molecule is N#Cc1c(N)nc([Se]CC(=O)c2ccccc2)c(C#N)c1-c1ccccc1. The van der Waals surface area contributed by atoms with Gasteiger partial charge in [0.05, 0.1) is 0 Å². The van der Waals surface area contributed by atoms with Gasteiger partial charge in [-0.2, -0.15) is 0 Å². The van der Waals surface area contributed by atoms with E-state index in [-0.39, 0.29) is 37.4 Å². The van der Waals surface area contributed by atoms with Crippen LogP contribution in [0.2, 0.25) is 5.32 Å². The summed E-state index contributed by atoms with van der Waals surface area (Å²) in [6, 6.07) is 22.4. The molecule has 0 aliphatic carbocycles. The summed E-state index contributed by atoms with van der Waals surface area (Å²) in [7, 11) is 0. The van der Waals surface area contributed by atoms with Crippen LogP contribution in [0.4, 0.5) is 5.82 Å². The average Bonchev–Trinajstić information content (AvgIpc) is 2.72. The van der Waals surface area contributed by atoms with Gasteiger partial charge >= 0.3 is 163 Å². The summed E-state index contributed by atoms with van der Waals surface area (Å²) in [6.07, 6.45) is 0. The molecular weight excluding hydrogens is 403 g/mol. The van der Waals surface area contributed by atoms with Crippen LogP contribution < -0.4 is 10.3 Å². The normalized spacial score (nSPS) is 10.0. The molecule has 3 rings (SSSR count). The fourth-order valence-electron chi connectivity index (χ4n) is 2.64. The summed E-state index contributed by atoms with van der Waals surface area (Å²) < 4.78 is 0.490. The first-order valence-electron chi connectivity index (χ1n) is 8.05. The third kappa shape index (κ3) is 3.88. The fourth-order valence-corrected chi connectivity index (χ4v) is 4.50. The van der Waals surface area contributed by atoms with Crippen molar-refractivity contribution in [1.29, 1.82) is 10.5 Å². The van der Waals surface area contributed by atoms with Crippen LogP contribution in [0.1, 0.15) is 21.5 Å². The minimum absolute atomic E-state index is 0.00881. The molecule has 130 valence electrons. The Labute approximate surface area is 163 Å². The van der Waals surface area contributed by atoms with Gasteiger partial charge in [0.2, 0.25) is 0 Å². The number of anilines is 1. The molecule has 0 atom stereocenters. The van der Waals surface area contributed by atoms with Gasteiger partial charge in [-0.15, -0.1) is 0 Å². The van der Waals surface area contributed by atoms with E-state index in [2.05, 4.69) is 17.1 Å². The van der Waals surface area contributed by atoms with Gasteiger partial charge in [-0.25, -0.2) is 0 Å². The van der Waals surface area contributed by atoms with E-state index in [4.69, 9.17) is 5.73 Å². The Hall–Kier alpha value is -3.44. The zero-order valence-corrected chi connectivity index (χ0v) is 15.9. The zero-order chi connectivity index (χ0) is 19.2. The number of Topliss-reactive ketones (excluding diaryl/α,β-unsaturated/α-hetero) is 1. The number of rotatable bonds is 5. The van der Waals surface area contributed by atoms with Crippen molar-refractivity contribution < 1.29 is 4.79 Å². The van der Waals surface area contributed by atoms with Crippen LogP contribution in [0.5, 0.6) is 0 Å². The van der Waals surface area contributed by atoms with Crippen LogP contribution in [0.15, 0.2) is 60.7 Å². The number of carbonyl (C=O) groups excluding carboxylic acids is 1. The number of hydrogen-bond acceptors (Lipinski definition) is 5. The van der Waals surface area contributed by atoms with Crippen molar-refractivity contribution in [2.24, 2.45) is 0 Å². The van der Waals surface area contributed by atoms with Crippen LogP contribution in [-0.4, -0.2) is 25.7 Å². The number of pyridine rings is 1. The van der Waals surface area contributed by atoms with E-state index in [1.165, 1.54) is 0 Å². The summed E-state index contributed by atoms with van der Waals surface area (Å²) in [4.78, 5) is 16.7. The molecule has 0 amide bonds. The number of aromatic nitrogens is 1. The van der Waals surface area contributed by atoms with Crippen molar-refractivity contribution in [1.82, 2.24) is 4.98 Å². The van der Waals surface area contributed by atoms with E-state index < -0.39 is 0 Å². The number of nitrogen functional groups attached to an aromatic ring is 1. The van der Waals surface area contributed by atoms with E-state index in [1.54, 1.807) is 12.1 Å². The Kier molecular flexibility index (Phi) is 5.64. The third-order valence-electron chi connectivity index (χ3n) is 3.91. The predicted octanol–water partition coefficient (Wildman–Crippen LogP) is 2.70. The first-order valence-corrected chi connectivity index (χ1v) is 10.1. The van der Waals surface area contributed by atoms with Gasteiger partial charge in [-0.1, -0.05) is 0 Å². The van der Waals surface area contributed by atoms with E-state index in [0.717, 1.165) is 5.56 Å². The molecule has 0 fully saturated rings. The van der Waals surface area contributed by atoms with E-state index in [9.17, 15) is 15.3 Å². The molecule has 0 saturated heterocycles. The molecule has 0 aliphatic heterocycles. The van der Waals surface area contributed by atoms with Crippen LogP contribution in [-0.2, 0) is 0 Å². The summed E-state index contributed by atoms with van der Waals surface area (Å²) in [6.45, 7) is 0. The van der Waals surface area contributed by atoms with Gasteiger partial charge in [0.1, 0.15) is 0 Å². The molecule has 6 heteroatoms. The first-order chi connectivity index (χ1) is 13.2. The average molecular weight is 417 g/mol. The number of nitriles is 2. The van der Waals surface area contributed by atoms with Crippen molar-refractivity contribution in [3.63, 3.8) is 0 Å². The molecule has 5 nitrogen and oxygen atoms in total. The quantitative estimate of drug-likeness (QED) is 0.508. The van der Waals surface area contributed by atoms with Gasteiger partial charge in [0.15, 0.2) is 0 Å². The molecule has 0 radical (unpaired) electrons. The van der Waals surface area contributed by atoms with Gasteiger partial charge in [-0.3, -0.25) is 0 Å². The summed E-state index contributed by atoms with van der Waals surface area (Å²) in [5, 5.41) is 19.5. The third-order valence-corrected chi connectivity index (χ3v) is 5.96. The first kappa shape index (κ1) is 18.4. The van der Waals surface area contributed by atoms with Crippen LogP contribution in [0, 0.1) is 22.7 Å². The summed E-state index contributed by atoms with van der Waals surface area (Å²) in [5.41, 5.74) is 8.33. The van der Waals surface area contributed by atoms with Crippen molar-refractivity contribution in [2.75, 3.05) is 5.73 Å². The van der Waals surface area contributed by atoms with Crippen LogP contribution in [0.25, 0.3) is 11.1 Å². The van der Waals surface area contributed by atoms with E-state index in [0.29, 0.717) is 21.3 Å². The maximum atomic E-state index is 12.4. The summed E-state index contributed by atoms with van der Waals surface area (Å²) in [5.74, 6) is 0.0740. The topological polar surface area (TPSA) is 104 Å². The standard InChI is InChI=1S/C21H14N4OSe/c22-11-16-19(15-9-5-2-6-10-15)17(12-23)21(25-20(16)24)27-13-18(26)14-7-3-1-4-8-14/h1-10H,13H2,(H2,24,25). The number of nitrogens with two attached hydrogens (primary N) is 1. The van der Waals surface area contributed by atoms with E-state index >= 15 is 0 Å². The number of ketones is 1. The number of benzene rings is 2.